The molecule has 0 radical (unpaired) electrons. The van der Waals surface area contributed by atoms with Gasteiger partial charge in [-0.15, -0.1) is 0 Å². The van der Waals surface area contributed by atoms with E-state index in [1.165, 1.54) is 0 Å². The van der Waals surface area contributed by atoms with E-state index in [1.54, 1.807) is 0 Å². The van der Waals surface area contributed by atoms with Crippen LogP contribution in [0.15, 0.2) is 18.2 Å². The number of hydrogen-bond acceptors (Lipinski definition) is 4. The van der Waals surface area contributed by atoms with Gasteiger partial charge < -0.3 is 20.3 Å². The molecule has 19 heavy (non-hydrogen) atoms. The Bertz CT molecular complexity index is 376. The number of nitrogens with two attached hydrogens (primary N) is 1. The van der Waals surface area contributed by atoms with Crippen molar-refractivity contribution in [3.05, 3.63) is 23.8 Å². The van der Waals surface area contributed by atoms with Crippen LogP contribution >= 0.6 is 0 Å². The number of rotatable bonds is 8. The van der Waals surface area contributed by atoms with Crippen LogP contribution in [0, 0.1) is 5.92 Å². The van der Waals surface area contributed by atoms with Gasteiger partial charge in [0.2, 0.25) is 0 Å². The lowest BCUT2D eigenvalue weighted by molar-refractivity contribution is 0.222. The van der Waals surface area contributed by atoms with Gasteiger partial charge in [0.05, 0.1) is 12.7 Å². The van der Waals surface area contributed by atoms with E-state index >= 15 is 0 Å². The smallest absolute Gasteiger partial charge is 0.161 e. The highest BCUT2D eigenvalue weighted by molar-refractivity contribution is 5.43. The van der Waals surface area contributed by atoms with Gasteiger partial charge in [0, 0.05) is 6.61 Å². The first-order chi connectivity index (χ1) is 9.10. The first-order valence-electron chi connectivity index (χ1n) is 6.84. The molecule has 1 aromatic carbocycles. The molecule has 4 nitrogen and oxygen atoms in total. The summed E-state index contributed by atoms with van der Waals surface area (Å²) in [4.78, 5) is 0. The van der Waals surface area contributed by atoms with E-state index in [9.17, 15) is 5.11 Å². The van der Waals surface area contributed by atoms with Crippen molar-refractivity contribution >= 4 is 0 Å². The average Bonchev–Trinajstić information content (AvgIpc) is 2.38. The Hall–Kier alpha value is -1.26. The lowest BCUT2D eigenvalue weighted by Gasteiger charge is -2.17. The molecule has 108 valence electrons. The number of aliphatic hydroxyl groups excluding tert-OH is 1. The lowest BCUT2D eigenvalue weighted by atomic mass is 10.00. The summed E-state index contributed by atoms with van der Waals surface area (Å²) < 4.78 is 11.3. The fourth-order valence-electron chi connectivity index (χ4n) is 1.85. The van der Waals surface area contributed by atoms with Crippen molar-refractivity contribution in [1.29, 1.82) is 0 Å². The molecule has 1 unspecified atom stereocenters. The van der Waals surface area contributed by atoms with E-state index in [0.717, 1.165) is 23.5 Å². The van der Waals surface area contributed by atoms with Crippen molar-refractivity contribution in [3.63, 3.8) is 0 Å². The summed E-state index contributed by atoms with van der Waals surface area (Å²) in [6.07, 6.45) is 0.856. The summed E-state index contributed by atoms with van der Waals surface area (Å²) in [6.45, 7) is 7.09. The molecule has 0 aromatic heterocycles. The monoisotopic (exact) mass is 267 g/mol. The second-order valence-corrected chi connectivity index (χ2v) is 4.87. The van der Waals surface area contributed by atoms with E-state index < -0.39 is 0 Å². The Balaban J connectivity index is 2.88. The molecule has 0 heterocycles. The van der Waals surface area contributed by atoms with Crippen molar-refractivity contribution in [3.8, 4) is 11.5 Å². The van der Waals surface area contributed by atoms with Crippen LogP contribution in [0.4, 0.5) is 0 Å². The van der Waals surface area contributed by atoms with Crippen LogP contribution in [-0.2, 0) is 6.42 Å². The first-order valence-corrected chi connectivity index (χ1v) is 6.84. The molecule has 0 aliphatic heterocycles. The standard InChI is InChI=1S/C15H25NO3/c1-4-18-15-8-12(7-13(9-16)10-17)5-6-14(15)19-11(2)3/h5-6,8,11,13,17H,4,7,9-10,16H2,1-3H3. The van der Waals surface area contributed by atoms with Gasteiger partial charge in [-0.2, -0.15) is 0 Å². The maximum atomic E-state index is 9.20. The maximum absolute atomic E-state index is 9.20. The van der Waals surface area contributed by atoms with Gasteiger partial charge in [-0.05, 0) is 57.4 Å². The average molecular weight is 267 g/mol. The largest absolute Gasteiger partial charge is 0.490 e. The van der Waals surface area contributed by atoms with Crippen molar-refractivity contribution in [2.45, 2.75) is 33.3 Å². The zero-order valence-corrected chi connectivity index (χ0v) is 12.1. The Kier molecular flexibility index (Phi) is 6.67. The van der Waals surface area contributed by atoms with Crippen LogP contribution in [0.3, 0.4) is 0 Å². The van der Waals surface area contributed by atoms with Gasteiger partial charge in [-0.3, -0.25) is 0 Å². The summed E-state index contributed by atoms with van der Waals surface area (Å²) in [5.74, 6) is 1.60. The summed E-state index contributed by atoms with van der Waals surface area (Å²) >= 11 is 0. The second kappa shape index (κ2) is 8.02. The molecule has 3 N–H and O–H groups in total. The third-order valence-corrected chi connectivity index (χ3v) is 2.79. The normalized spacial score (nSPS) is 12.5. The first kappa shape index (κ1) is 15.8. The lowest BCUT2D eigenvalue weighted by Crippen LogP contribution is -2.20. The van der Waals surface area contributed by atoms with E-state index in [-0.39, 0.29) is 18.6 Å². The topological polar surface area (TPSA) is 64.7 Å². The quantitative estimate of drug-likeness (QED) is 0.756. The highest BCUT2D eigenvalue weighted by atomic mass is 16.5. The van der Waals surface area contributed by atoms with Crippen LogP contribution in [0.25, 0.3) is 0 Å². The van der Waals surface area contributed by atoms with Gasteiger partial charge in [-0.1, -0.05) is 6.07 Å². The summed E-state index contributed by atoms with van der Waals surface area (Å²) in [6, 6.07) is 5.89. The summed E-state index contributed by atoms with van der Waals surface area (Å²) in [5.41, 5.74) is 6.71. The third-order valence-electron chi connectivity index (χ3n) is 2.79. The number of hydrogen-bond donors (Lipinski definition) is 2. The van der Waals surface area contributed by atoms with Crippen LogP contribution in [0.1, 0.15) is 26.3 Å². The molecule has 0 aliphatic rings. The predicted molar refractivity (Wildman–Crippen MR) is 76.7 cm³/mol. The van der Waals surface area contributed by atoms with Crippen LogP contribution in [0.2, 0.25) is 0 Å². The fourth-order valence-corrected chi connectivity index (χ4v) is 1.85. The second-order valence-electron chi connectivity index (χ2n) is 4.87. The van der Waals surface area contributed by atoms with Crippen molar-refractivity contribution in [1.82, 2.24) is 0 Å². The molecule has 0 aliphatic carbocycles. The van der Waals surface area contributed by atoms with Crippen LogP contribution in [-0.4, -0.2) is 31.0 Å². The molecule has 1 rings (SSSR count). The highest BCUT2D eigenvalue weighted by Crippen LogP contribution is 2.30. The molecule has 0 fully saturated rings. The predicted octanol–water partition coefficient (Wildman–Crippen LogP) is 1.98. The maximum Gasteiger partial charge on any atom is 0.161 e. The van der Waals surface area contributed by atoms with Gasteiger partial charge in [0.25, 0.3) is 0 Å². The van der Waals surface area contributed by atoms with Gasteiger partial charge in [0.15, 0.2) is 11.5 Å². The molecule has 0 amide bonds. The number of ether oxygens (including phenoxy) is 2. The third kappa shape index (κ3) is 5.09. The molecule has 1 atom stereocenters. The minimum atomic E-state index is 0.0892. The van der Waals surface area contributed by atoms with E-state index in [2.05, 4.69) is 0 Å². The minimum absolute atomic E-state index is 0.0892. The summed E-state index contributed by atoms with van der Waals surface area (Å²) in [5, 5.41) is 9.20. The highest BCUT2D eigenvalue weighted by Gasteiger charge is 2.11. The summed E-state index contributed by atoms with van der Waals surface area (Å²) in [7, 11) is 0. The Morgan fingerprint density at radius 2 is 2.00 bits per heavy atom. The molecular formula is C15H25NO3. The Labute approximate surface area is 115 Å². The van der Waals surface area contributed by atoms with Crippen LogP contribution in [0.5, 0.6) is 11.5 Å². The Morgan fingerprint density at radius 1 is 1.26 bits per heavy atom. The molecule has 1 aromatic rings. The minimum Gasteiger partial charge on any atom is -0.490 e. The van der Waals surface area contributed by atoms with E-state index in [0.29, 0.717) is 13.2 Å². The molecule has 0 spiro atoms. The van der Waals surface area contributed by atoms with Gasteiger partial charge in [-0.25, -0.2) is 0 Å². The molecule has 0 bridgehead atoms. The van der Waals surface area contributed by atoms with Crippen molar-refractivity contribution < 1.29 is 14.6 Å². The SMILES string of the molecule is CCOc1cc(CC(CN)CO)ccc1OC(C)C. The van der Waals surface area contributed by atoms with Crippen LogP contribution < -0.4 is 15.2 Å². The van der Waals surface area contributed by atoms with Gasteiger partial charge >= 0.3 is 0 Å². The number of aliphatic hydroxyl groups is 1. The fraction of sp³-hybridized carbons (Fsp3) is 0.600. The zero-order valence-electron chi connectivity index (χ0n) is 12.1. The molecule has 4 heteroatoms. The molecule has 0 saturated heterocycles. The van der Waals surface area contributed by atoms with E-state index in [1.807, 2.05) is 39.0 Å². The molecular weight excluding hydrogens is 242 g/mol. The van der Waals surface area contributed by atoms with E-state index in [4.69, 9.17) is 15.2 Å². The molecule has 0 saturated carbocycles. The Morgan fingerprint density at radius 3 is 2.53 bits per heavy atom. The van der Waals surface area contributed by atoms with Crippen molar-refractivity contribution in [2.75, 3.05) is 19.8 Å². The zero-order chi connectivity index (χ0) is 14.3. The van der Waals surface area contributed by atoms with Crippen molar-refractivity contribution in [2.24, 2.45) is 11.7 Å². The number of benzene rings is 1. The van der Waals surface area contributed by atoms with Gasteiger partial charge in [0.1, 0.15) is 0 Å².